The van der Waals surface area contributed by atoms with Crippen molar-refractivity contribution in [2.24, 2.45) is 5.73 Å². The number of carbonyl (C=O) groups excluding carboxylic acids is 1. The second kappa shape index (κ2) is 7.05. The molecule has 24 heavy (non-hydrogen) atoms. The van der Waals surface area contributed by atoms with E-state index in [2.05, 4.69) is 12.1 Å². The molecule has 0 aliphatic carbocycles. The van der Waals surface area contributed by atoms with E-state index in [1.165, 1.54) is 5.56 Å². The zero-order valence-corrected chi connectivity index (χ0v) is 14.2. The molecule has 1 fully saturated rings. The van der Waals surface area contributed by atoms with E-state index in [-0.39, 0.29) is 17.9 Å². The molecule has 4 heteroatoms. The minimum Gasteiger partial charge on any atom is -0.494 e. The first-order valence-electron chi connectivity index (χ1n) is 8.43. The summed E-state index contributed by atoms with van der Waals surface area (Å²) in [7, 11) is 0. The van der Waals surface area contributed by atoms with Gasteiger partial charge in [-0.3, -0.25) is 4.79 Å². The van der Waals surface area contributed by atoms with Gasteiger partial charge in [0.25, 0.3) is 5.91 Å². The molecule has 3 rings (SSSR count). The average Bonchev–Trinajstić information content (AvgIpc) is 2.99. The number of ether oxygens (including phenoxy) is 1. The third kappa shape index (κ3) is 3.29. The maximum absolute atomic E-state index is 12.9. The standard InChI is InChI=1S/C20H24N2O2/c1-3-24-19-11-16(10-9-14(19)2)20(23)22-12-17(18(21)13-22)15-7-5-4-6-8-15/h4-11,17-18H,3,12-13,21H2,1-2H3/t17-,18+/m0/s1. The van der Waals surface area contributed by atoms with Gasteiger partial charge >= 0.3 is 0 Å². The maximum Gasteiger partial charge on any atom is 0.254 e. The molecule has 2 atom stereocenters. The summed E-state index contributed by atoms with van der Waals surface area (Å²) in [6.45, 7) is 5.75. The van der Waals surface area contributed by atoms with E-state index in [0.717, 1.165) is 11.3 Å². The van der Waals surface area contributed by atoms with Crippen molar-refractivity contribution in [2.45, 2.75) is 25.8 Å². The number of aryl methyl sites for hydroxylation is 1. The minimum absolute atomic E-state index is 0.0184. The smallest absolute Gasteiger partial charge is 0.254 e. The third-order valence-corrected chi connectivity index (χ3v) is 4.61. The van der Waals surface area contributed by atoms with Crippen molar-refractivity contribution in [2.75, 3.05) is 19.7 Å². The molecule has 1 aliphatic heterocycles. The number of hydrogen-bond donors (Lipinski definition) is 1. The largest absolute Gasteiger partial charge is 0.494 e. The quantitative estimate of drug-likeness (QED) is 0.941. The summed E-state index contributed by atoms with van der Waals surface area (Å²) in [5, 5.41) is 0. The molecule has 2 aromatic rings. The molecular formula is C20H24N2O2. The Bertz CT molecular complexity index is 715. The van der Waals surface area contributed by atoms with Crippen LogP contribution in [-0.4, -0.2) is 36.5 Å². The Morgan fingerprint density at radius 3 is 2.67 bits per heavy atom. The summed E-state index contributed by atoms with van der Waals surface area (Å²) in [5.41, 5.74) is 9.19. The van der Waals surface area contributed by atoms with Gasteiger partial charge < -0.3 is 15.4 Å². The van der Waals surface area contributed by atoms with Crippen molar-refractivity contribution >= 4 is 5.91 Å². The normalized spacial score (nSPS) is 20.2. The predicted octanol–water partition coefficient (Wildman–Crippen LogP) is 2.96. The molecule has 2 aromatic carbocycles. The Morgan fingerprint density at radius 1 is 1.21 bits per heavy atom. The summed E-state index contributed by atoms with van der Waals surface area (Å²) < 4.78 is 5.61. The van der Waals surface area contributed by atoms with Crippen molar-refractivity contribution in [1.82, 2.24) is 4.90 Å². The van der Waals surface area contributed by atoms with Crippen LogP contribution in [0.5, 0.6) is 5.75 Å². The number of benzene rings is 2. The number of nitrogens with two attached hydrogens (primary N) is 1. The molecule has 0 unspecified atom stereocenters. The number of carbonyl (C=O) groups is 1. The highest BCUT2D eigenvalue weighted by molar-refractivity contribution is 5.95. The minimum atomic E-state index is -0.0341. The predicted molar refractivity (Wildman–Crippen MR) is 95.4 cm³/mol. The molecule has 1 heterocycles. The fourth-order valence-electron chi connectivity index (χ4n) is 3.27. The maximum atomic E-state index is 12.9. The van der Waals surface area contributed by atoms with E-state index in [1.807, 2.05) is 55.1 Å². The number of amides is 1. The number of nitrogens with zero attached hydrogens (tertiary/aromatic N) is 1. The van der Waals surface area contributed by atoms with Gasteiger partial charge in [-0.2, -0.15) is 0 Å². The zero-order valence-electron chi connectivity index (χ0n) is 14.2. The zero-order chi connectivity index (χ0) is 17.1. The molecule has 1 amide bonds. The van der Waals surface area contributed by atoms with Gasteiger partial charge in [-0.1, -0.05) is 36.4 Å². The summed E-state index contributed by atoms with van der Waals surface area (Å²) >= 11 is 0. The Hall–Kier alpha value is -2.33. The molecule has 2 N–H and O–H groups in total. The fourth-order valence-corrected chi connectivity index (χ4v) is 3.27. The Kier molecular flexibility index (Phi) is 4.86. The van der Waals surface area contributed by atoms with Gasteiger partial charge in [-0.25, -0.2) is 0 Å². The Balaban J connectivity index is 1.78. The molecule has 0 spiro atoms. The third-order valence-electron chi connectivity index (χ3n) is 4.61. The van der Waals surface area contributed by atoms with Crippen LogP contribution in [0, 0.1) is 6.92 Å². The van der Waals surface area contributed by atoms with Gasteiger partial charge in [0, 0.05) is 30.6 Å². The van der Waals surface area contributed by atoms with Crippen LogP contribution in [0.4, 0.5) is 0 Å². The van der Waals surface area contributed by atoms with Gasteiger partial charge in [-0.15, -0.1) is 0 Å². The summed E-state index contributed by atoms with van der Waals surface area (Å²) in [4.78, 5) is 14.7. The second-order valence-corrected chi connectivity index (χ2v) is 6.30. The van der Waals surface area contributed by atoms with Crippen LogP contribution >= 0.6 is 0 Å². The lowest BCUT2D eigenvalue weighted by Gasteiger charge is -2.17. The SMILES string of the molecule is CCOc1cc(C(=O)N2C[C@@H](N)[C@H](c3ccccc3)C2)ccc1C. The van der Waals surface area contributed by atoms with E-state index >= 15 is 0 Å². The van der Waals surface area contributed by atoms with Gasteiger partial charge in [-0.05, 0) is 37.1 Å². The first-order valence-corrected chi connectivity index (χ1v) is 8.43. The van der Waals surface area contributed by atoms with E-state index < -0.39 is 0 Å². The van der Waals surface area contributed by atoms with Crippen LogP contribution in [-0.2, 0) is 0 Å². The summed E-state index contributed by atoms with van der Waals surface area (Å²) in [6, 6.07) is 15.8. The molecule has 1 aliphatic rings. The van der Waals surface area contributed by atoms with E-state index in [4.69, 9.17) is 10.5 Å². The molecule has 0 saturated carbocycles. The van der Waals surface area contributed by atoms with Crippen LogP contribution < -0.4 is 10.5 Å². The van der Waals surface area contributed by atoms with Crippen molar-refractivity contribution in [3.8, 4) is 5.75 Å². The lowest BCUT2D eigenvalue weighted by molar-refractivity contribution is 0.0788. The van der Waals surface area contributed by atoms with Crippen molar-refractivity contribution in [3.05, 3.63) is 65.2 Å². The second-order valence-electron chi connectivity index (χ2n) is 6.30. The van der Waals surface area contributed by atoms with E-state index in [1.54, 1.807) is 0 Å². The molecule has 1 saturated heterocycles. The Labute approximate surface area is 143 Å². The Morgan fingerprint density at radius 2 is 1.96 bits per heavy atom. The van der Waals surface area contributed by atoms with Crippen LogP contribution in [0.3, 0.4) is 0 Å². The summed E-state index contributed by atoms with van der Waals surface area (Å²) in [5.74, 6) is 0.975. The average molecular weight is 324 g/mol. The van der Waals surface area contributed by atoms with Crippen LogP contribution in [0.25, 0.3) is 0 Å². The highest BCUT2D eigenvalue weighted by Gasteiger charge is 2.34. The van der Waals surface area contributed by atoms with Crippen molar-refractivity contribution in [3.63, 3.8) is 0 Å². The topological polar surface area (TPSA) is 55.6 Å². The number of rotatable bonds is 4. The molecule has 0 aromatic heterocycles. The first-order chi connectivity index (χ1) is 11.6. The fraction of sp³-hybridized carbons (Fsp3) is 0.350. The lowest BCUT2D eigenvalue weighted by Crippen LogP contribution is -2.32. The highest BCUT2D eigenvalue weighted by atomic mass is 16.5. The van der Waals surface area contributed by atoms with Crippen LogP contribution in [0.2, 0.25) is 0 Å². The number of hydrogen-bond acceptors (Lipinski definition) is 3. The molecule has 0 bridgehead atoms. The number of likely N-dealkylation sites (tertiary alicyclic amines) is 1. The highest BCUT2D eigenvalue weighted by Crippen LogP contribution is 2.28. The van der Waals surface area contributed by atoms with Crippen LogP contribution in [0.15, 0.2) is 48.5 Å². The molecule has 4 nitrogen and oxygen atoms in total. The van der Waals surface area contributed by atoms with Gasteiger partial charge in [0.1, 0.15) is 5.75 Å². The van der Waals surface area contributed by atoms with Gasteiger partial charge in [0.15, 0.2) is 0 Å². The molecule has 0 radical (unpaired) electrons. The monoisotopic (exact) mass is 324 g/mol. The van der Waals surface area contributed by atoms with Crippen molar-refractivity contribution in [1.29, 1.82) is 0 Å². The van der Waals surface area contributed by atoms with E-state index in [0.29, 0.717) is 25.3 Å². The van der Waals surface area contributed by atoms with Crippen molar-refractivity contribution < 1.29 is 9.53 Å². The summed E-state index contributed by atoms with van der Waals surface area (Å²) in [6.07, 6.45) is 0. The van der Waals surface area contributed by atoms with Crippen LogP contribution in [0.1, 0.15) is 34.3 Å². The lowest BCUT2D eigenvalue weighted by atomic mass is 9.95. The first kappa shape index (κ1) is 16.5. The van der Waals surface area contributed by atoms with Gasteiger partial charge in [0.05, 0.1) is 6.61 Å². The molecule has 126 valence electrons. The van der Waals surface area contributed by atoms with E-state index in [9.17, 15) is 4.79 Å². The van der Waals surface area contributed by atoms with Gasteiger partial charge in [0.2, 0.25) is 0 Å². The molecular weight excluding hydrogens is 300 g/mol.